The second-order valence-electron chi connectivity index (χ2n) is 7.82. The Kier molecular flexibility index (Phi) is 3.91. The highest BCUT2D eigenvalue weighted by molar-refractivity contribution is 6.24. The van der Waals surface area contributed by atoms with Crippen molar-refractivity contribution in [2.24, 2.45) is 11.8 Å². The SMILES string of the molecule is O=C(c1ccccc1)[C@@H]1[C@@H]2C(=O)N(c3cccc(F)c3)C(=O)[C@@H]2[C@@H]2CCC[NH+]12. The number of nitrogens with zero attached hydrogens (tertiary/aromatic N) is 1. The van der Waals surface area contributed by atoms with E-state index in [9.17, 15) is 18.8 Å². The van der Waals surface area contributed by atoms with E-state index >= 15 is 0 Å². The second kappa shape index (κ2) is 6.34. The Bertz CT molecular complexity index is 977. The molecule has 0 radical (unpaired) electrons. The van der Waals surface area contributed by atoms with Gasteiger partial charge in [0.2, 0.25) is 17.6 Å². The highest BCUT2D eigenvalue weighted by atomic mass is 19.1. The smallest absolute Gasteiger partial charge is 0.244 e. The Morgan fingerprint density at radius 2 is 1.75 bits per heavy atom. The average molecular weight is 379 g/mol. The van der Waals surface area contributed by atoms with Crippen molar-refractivity contribution < 1.29 is 23.7 Å². The van der Waals surface area contributed by atoms with Gasteiger partial charge in [0.15, 0.2) is 6.04 Å². The van der Waals surface area contributed by atoms with E-state index in [4.69, 9.17) is 0 Å². The van der Waals surface area contributed by atoms with Gasteiger partial charge in [0.1, 0.15) is 23.7 Å². The summed E-state index contributed by atoms with van der Waals surface area (Å²) in [4.78, 5) is 42.0. The van der Waals surface area contributed by atoms with Gasteiger partial charge in [-0.3, -0.25) is 14.4 Å². The van der Waals surface area contributed by atoms with Crippen LogP contribution in [-0.4, -0.2) is 36.2 Å². The molecule has 28 heavy (non-hydrogen) atoms. The molecule has 0 bridgehead atoms. The van der Waals surface area contributed by atoms with Crippen molar-refractivity contribution in [1.82, 2.24) is 0 Å². The molecule has 0 spiro atoms. The van der Waals surface area contributed by atoms with E-state index in [1.54, 1.807) is 30.3 Å². The van der Waals surface area contributed by atoms with Crippen molar-refractivity contribution in [1.29, 1.82) is 0 Å². The molecule has 1 N–H and O–H groups in total. The van der Waals surface area contributed by atoms with E-state index < -0.39 is 23.7 Å². The average Bonchev–Trinajstić information content (AvgIpc) is 3.34. The van der Waals surface area contributed by atoms with Gasteiger partial charge in [-0.1, -0.05) is 36.4 Å². The molecule has 2 aromatic rings. The first kappa shape index (κ1) is 17.3. The highest BCUT2D eigenvalue weighted by Gasteiger charge is 2.68. The number of quaternary nitrogens is 1. The van der Waals surface area contributed by atoms with Crippen molar-refractivity contribution in [2.75, 3.05) is 11.4 Å². The van der Waals surface area contributed by atoms with Crippen molar-refractivity contribution >= 4 is 23.3 Å². The van der Waals surface area contributed by atoms with E-state index in [1.807, 2.05) is 6.07 Å². The number of amides is 2. The van der Waals surface area contributed by atoms with Gasteiger partial charge >= 0.3 is 0 Å². The summed E-state index contributed by atoms with van der Waals surface area (Å²) in [7, 11) is 0. The van der Waals surface area contributed by atoms with Gasteiger partial charge in [-0.05, 0) is 18.2 Å². The van der Waals surface area contributed by atoms with Crippen LogP contribution in [0, 0.1) is 17.7 Å². The van der Waals surface area contributed by atoms with Crippen LogP contribution in [0.15, 0.2) is 54.6 Å². The highest BCUT2D eigenvalue weighted by Crippen LogP contribution is 2.40. The fourth-order valence-corrected chi connectivity index (χ4v) is 5.39. The number of imide groups is 1. The quantitative estimate of drug-likeness (QED) is 0.645. The van der Waals surface area contributed by atoms with Crippen LogP contribution in [0.1, 0.15) is 23.2 Å². The lowest BCUT2D eigenvalue weighted by Gasteiger charge is -2.25. The molecule has 6 heteroatoms. The summed E-state index contributed by atoms with van der Waals surface area (Å²) in [6.07, 6.45) is 1.76. The summed E-state index contributed by atoms with van der Waals surface area (Å²) < 4.78 is 13.7. The van der Waals surface area contributed by atoms with Gasteiger partial charge in [0.25, 0.3) is 0 Å². The molecule has 0 aliphatic carbocycles. The maximum atomic E-state index is 13.7. The molecule has 3 aliphatic rings. The van der Waals surface area contributed by atoms with Crippen LogP contribution in [0.3, 0.4) is 0 Å². The zero-order valence-electron chi connectivity index (χ0n) is 15.2. The van der Waals surface area contributed by atoms with Crippen LogP contribution in [0.2, 0.25) is 0 Å². The predicted octanol–water partition coefficient (Wildman–Crippen LogP) is 1.24. The summed E-state index contributed by atoms with van der Waals surface area (Å²) >= 11 is 0. The third-order valence-electron chi connectivity index (χ3n) is 6.45. The van der Waals surface area contributed by atoms with Crippen molar-refractivity contribution in [3.05, 3.63) is 66.0 Å². The molecule has 3 saturated heterocycles. The fraction of sp³-hybridized carbons (Fsp3) is 0.318. The maximum absolute atomic E-state index is 13.7. The third kappa shape index (κ3) is 2.37. The molecule has 0 saturated carbocycles. The van der Waals surface area contributed by atoms with Crippen LogP contribution in [0.4, 0.5) is 10.1 Å². The summed E-state index contributed by atoms with van der Waals surface area (Å²) in [6.45, 7) is 0.793. The molecule has 5 rings (SSSR count). The first-order valence-corrected chi connectivity index (χ1v) is 9.66. The van der Waals surface area contributed by atoms with E-state index in [0.29, 0.717) is 5.56 Å². The number of halogens is 1. The molecule has 142 valence electrons. The molecule has 3 fully saturated rings. The van der Waals surface area contributed by atoms with E-state index in [0.717, 1.165) is 29.2 Å². The Labute approximate surface area is 161 Å². The standard InChI is InChI=1S/C22H19FN2O3/c23-14-8-4-9-15(12-14)25-21(27)17-16-10-5-11-24(16)19(18(17)22(25)28)20(26)13-6-2-1-3-7-13/h1-4,6-9,12,16-19H,5,10-11H2/p+1/t16-,17+,18+,19-/m0/s1. The number of hydrogen-bond acceptors (Lipinski definition) is 3. The summed E-state index contributed by atoms with van der Waals surface area (Å²) in [5, 5.41) is 0. The lowest BCUT2D eigenvalue weighted by Crippen LogP contribution is -3.16. The predicted molar refractivity (Wildman–Crippen MR) is 99.3 cm³/mol. The number of rotatable bonds is 3. The van der Waals surface area contributed by atoms with Crippen LogP contribution < -0.4 is 9.80 Å². The number of hydrogen-bond donors (Lipinski definition) is 1. The molecule has 0 aromatic heterocycles. The number of fused-ring (bicyclic) bond motifs is 3. The Hall–Kier alpha value is -2.86. The summed E-state index contributed by atoms with van der Waals surface area (Å²) in [5.74, 6) is -2.45. The first-order valence-electron chi connectivity index (χ1n) is 9.66. The number of Topliss-reactive ketones (excluding diaryl/α,β-unsaturated/α-hetero) is 1. The number of carbonyl (C=O) groups excluding carboxylic acids is 3. The number of nitrogens with one attached hydrogen (secondary N) is 1. The molecule has 3 aliphatic heterocycles. The second-order valence-corrected chi connectivity index (χ2v) is 7.82. The zero-order chi connectivity index (χ0) is 19.4. The Morgan fingerprint density at radius 3 is 2.50 bits per heavy atom. The number of benzene rings is 2. The minimum atomic E-state index is -0.677. The summed E-state index contributed by atoms with van der Waals surface area (Å²) in [6, 6.07) is 13.9. The van der Waals surface area contributed by atoms with E-state index in [2.05, 4.69) is 0 Å². The van der Waals surface area contributed by atoms with Gasteiger partial charge in [0.05, 0.1) is 12.2 Å². The number of anilines is 1. The molecule has 2 amide bonds. The van der Waals surface area contributed by atoms with Crippen LogP contribution in [0.5, 0.6) is 0 Å². The normalized spacial score (nSPS) is 31.2. The summed E-state index contributed by atoms with van der Waals surface area (Å²) in [5.41, 5.74) is 0.811. The minimum Gasteiger partial charge on any atom is -0.322 e. The fourth-order valence-electron chi connectivity index (χ4n) is 5.39. The zero-order valence-corrected chi connectivity index (χ0v) is 15.2. The largest absolute Gasteiger partial charge is 0.322 e. The van der Waals surface area contributed by atoms with E-state index in [-0.39, 0.29) is 29.3 Å². The van der Waals surface area contributed by atoms with Gasteiger partial charge < -0.3 is 4.90 Å². The lowest BCUT2D eigenvalue weighted by molar-refractivity contribution is -0.915. The van der Waals surface area contributed by atoms with Crippen molar-refractivity contribution in [3.8, 4) is 0 Å². The van der Waals surface area contributed by atoms with Gasteiger partial charge in [0, 0.05) is 18.4 Å². The minimum absolute atomic E-state index is 0.0299. The Morgan fingerprint density at radius 1 is 1.00 bits per heavy atom. The maximum Gasteiger partial charge on any atom is 0.244 e. The van der Waals surface area contributed by atoms with Gasteiger partial charge in [-0.15, -0.1) is 0 Å². The topological polar surface area (TPSA) is 58.9 Å². The van der Waals surface area contributed by atoms with E-state index in [1.165, 1.54) is 18.2 Å². The van der Waals surface area contributed by atoms with Gasteiger partial charge in [-0.2, -0.15) is 0 Å². The molecular formula is C22H20FN2O3+. The lowest BCUT2D eigenvalue weighted by atomic mass is 9.85. The first-order chi connectivity index (χ1) is 13.6. The molecule has 2 aromatic carbocycles. The number of ketones is 1. The monoisotopic (exact) mass is 379 g/mol. The molecule has 1 unspecified atom stereocenters. The van der Waals surface area contributed by atoms with Crippen molar-refractivity contribution in [3.63, 3.8) is 0 Å². The molecule has 5 atom stereocenters. The number of carbonyl (C=O) groups is 3. The van der Waals surface area contributed by atoms with Gasteiger partial charge in [-0.25, -0.2) is 9.29 Å². The van der Waals surface area contributed by atoms with Crippen molar-refractivity contribution in [2.45, 2.75) is 24.9 Å². The van der Waals surface area contributed by atoms with Crippen LogP contribution in [-0.2, 0) is 9.59 Å². The Balaban J connectivity index is 1.56. The molecule has 3 heterocycles. The molecular weight excluding hydrogens is 359 g/mol. The van der Waals surface area contributed by atoms with Crippen LogP contribution >= 0.6 is 0 Å². The third-order valence-corrected chi connectivity index (χ3v) is 6.45. The van der Waals surface area contributed by atoms with Crippen LogP contribution in [0.25, 0.3) is 0 Å². The molecule has 5 nitrogen and oxygen atoms in total.